The van der Waals surface area contributed by atoms with Gasteiger partial charge in [-0.2, -0.15) is 0 Å². The quantitative estimate of drug-likeness (QED) is 0.861. The van der Waals surface area contributed by atoms with Gasteiger partial charge < -0.3 is 10.6 Å². The second-order valence-corrected chi connectivity index (χ2v) is 5.03. The van der Waals surface area contributed by atoms with Gasteiger partial charge in [0.1, 0.15) is 0 Å². The molecule has 0 fully saturated rings. The first-order valence-electron chi connectivity index (χ1n) is 6.76. The first-order chi connectivity index (χ1) is 9.56. The molecule has 2 rings (SSSR count). The Morgan fingerprint density at radius 1 is 1.00 bits per heavy atom. The zero-order valence-electron chi connectivity index (χ0n) is 12.1. The molecule has 104 valence electrons. The number of nitrogens with one attached hydrogen (secondary N) is 2. The van der Waals surface area contributed by atoms with Gasteiger partial charge in [0.15, 0.2) is 0 Å². The van der Waals surface area contributed by atoms with Crippen molar-refractivity contribution in [1.29, 1.82) is 0 Å². The number of hydrogen-bond acceptors (Lipinski definition) is 1. The van der Waals surface area contributed by atoms with Crippen LogP contribution in [0.5, 0.6) is 0 Å². The molecule has 2 N–H and O–H groups in total. The molecule has 2 aromatic rings. The number of carbonyl (C=O) groups excluding carboxylic acids is 1. The number of rotatable bonds is 3. The minimum absolute atomic E-state index is 0.0296. The van der Waals surface area contributed by atoms with Crippen LogP contribution in [0, 0.1) is 13.8 Å². The lowest BCUT2D eigenvalue weighted by atomic mass is 10.0. The highest BCUT2D eigenvalue weighted by Crippen LogP contribution is 2.17. The van der Waals surface area contributed by atoms with Gasteiger partial charge in [-0.15, -0.1) is 0 Å². The van der Waals surface area contributed by atoms with E-state index in [-0.39, 0.29) is 12.1 Å². The van der Waals surface area contributed by atoms with Crippen molar-refractivity contribution in [2.24, 2.45) is 0 Å². The number of para-hydroxylation sites is 1. The lowest BCUT2D eigenvalue weighted by Crippen LogP contribution is -2.31. The standard InChI is InChI=1S/C17H20N2O/c1-12-9-10-15(11-13(12)2)14(3)18-17(20)19-16-7-5-4-6-8-16/h4-11,14H,1-3H3,(H2,18,19,20). The SMILES string of the molecule is Cc1ccc(C(C)NC(=O)Nc2ccccc2)cc1C. The first-order valence-corrected chi connectivity index (χ1v) is 6.76. The Labute approximate surface area is 120 Å². The van der Waals surface area contributed by atoms with Crippen LogP contribution in [0.2, 0.25) is 0 Å². The predicted octanol–water partition coefficient (Wildman–Crippen LogP) is 4.19. The molecule has 0 aliphatic rings. The third-order valence-corrected chi connectivity index (χ3v) is 3.41. The lowest BCUT2D eigenvalue weighted by Gasteiger charge is -2.16. The van der Waals surface area contributed by atoms with Crippen LogP contribution < -0.4 is 10.6 Å². The fourth-order valence-corrected chi connectivity index (χ4v) is 2.00. The van der Waals surface area contributed by atoms with Crippen LogP contribution in [0.1, 0.15) is 29.7 Å². The fourth-order valence-electron chi connectivity index (χ4n) is 2.00. The summed E-state index contributed by atoms with van der Waals surface area (Å²) in [4.78, 5) is 11.9. The summed E-state index contributed by atoms with van der Waals surface area (Å²) >= 11 is 0. The van der Waals surface area contributed by atoms with Gasteiger partial charge in [0.2, 0.25) is 0 Å². The molecular weight excluding hydrogens is 248 g/mol. The summed E-state index contributed by atoms with van der Waals surface area (Å²) in [7, 11) is 0. The van der Waals surface area contributed by atoms with Crippen molar-refractivity contribution in [3.8, 4) is 0 Å². The van der Waals surface area contributed by atoms with E-state index in [4.69, 9.17) is 0 Å². The van der Waals surface area contributed by atoms with E-state index >= 15 is 0 Å². The molecule has 0 aliphatic carbocycles. The van der Waals surface area contributed by atoms with E-state index in [0.29, 0.717) is 0 Å². The van der Waals surface area contributed by atoms with Gasteiger partial charge in [-0.25, -0.2) is 4.79 Å². The number of anilines is 1. The Morgan fingerprint density at radius 3 is 2.35 bits per heavy atom. The van der Waals surface area contributed by atoms with E-state index in [2.05, 4.69) is 42.7 Å². The first kappa shape index (κ1) is 14.1. The summed E-state index contributed by atoms with van der Waals surface area (Å²) in [5.74, 6) is 0. The maximum absolute atomic E-state index is 11.9. The summed E-state index contributed by atoms with van der Waals surface area (Å²) in [5.41, 5.74) is 4.39. The fraction of sp³-hybridized carbons (Fsp3) is 0.235. The van der Waals surface area contributed by atoms with Crippen molar-refractivity contribution < 1.29 is 4.79 Å². The van der Waals surface area contributed by atoms with Crippen molar-refractivity contribution >= 4 is 11.7 Å². The highest BCUT2D eigenvalue weighted by Gasteiger charge is 2.10. The highest BCUT2D eigenvalue weighted by atomic mass is 16.2. The van der Waals surface area contributed by atoms with Gasteiger partial charge in [-0.1, -0.05) is 36.4 Å². The van der Waals surface area contributed by atoms with Crippen LogP contribution in [-0.4, -0.2) is 6.03 Å². The number of aryl methyl sites for hydroxylation is 2. The topological polar surface area (TPSA) is 41.1 Å². The molecule has 2 amide bonds. The van der Waals surface area contributed by atoms with Gasteiger partial charge in [-0.3, -0.25) is 0 Å². The van der Waals surface area contributed by atoms with Crippen molar-refractivity contribution in [3.05, 3.63) is 65.2 Å². The van der Waals surface area contributed by atoms with Crippen LogP contribution in [-0.2, 0) is 0 Å². The minimum atomic E-state index is -0.193. The van der Waals surface area contributed by atoms with Crippen LogP contribution in [0.4, 0.5) is 10.5 Å². The summed E-state index contributed by atoms with van der Waals surface area (Å²) in [6, 6.07) is 15.4. The predicted molar refractivity (Wildman–Crippen MR) is 82.9 cm³/mol. The number of hydrogen-bond donors (Lipinski definition) is 2. The molecule has 2 aromatic carbocycles. The van der Waals surface area contributed by atoms with E-state index in [1.54, 1.807) is 0 Å². The monoisotopic (exact) mass is 268 g/mol. The number of amides is 2. The average Bonchev–Trinajstić information content (AvgIpc) is 2.42. The largest absolute Gasteiger partial charge is 0.331 e. The van der Waals surface area contributed by atoms with Crippen molar-refractivity contribution in [2.75, 3.05) is 5.32 Å². The maximum atomic E-state index is 11.9. The normalized spacial score (nSPS) is 11.8. The van der Waals surface area contributed by atoms with E-state index in [1.807, 2.05) is 37.3 Å². The van der Waals surface area contributed by atoms with Crippen molar-refractivity contribution in [3.63, 3.8) is 0 Å². The molecule has 0 heterocycles. The van der Waals surface area contributed by atoms with E-state index < -0.39 is 0 Å². The van der Waals surface area contributed by atoms with Gasteiger partial charge in [-0.05, 0) is 49.6 Å². The summed E-state index contributed by atoms with van der Waals surface area (Å²) in [6.07, 6.45) is 0. The molecule has 1 atom stereocenters. The molecule has 0 spiro atoms. The zero-order valence-corrected chi connectivity index (χ0v) is 12.1. The molecule has 0 aromatic heterocycles. The second kappa shape index (κ2) is 6.24. The van der Waals surface area contributed by atoms with Gasteiger partial charge in [0, 0.05) is 5.69 Å². The Balaban J connectivity index is 1.98. The lowest BCUT2D eigenvalue weighted by molar-refractivity contribution is 0.249. The third-order valence-electron chi connectivity index (χ3n) is 3.41. The van der Waals surface area contributed by atoms with Crippen LogP contribution in [0.15, 0.2) is 48.5 Å². The molecule has 3 nitrogen and oxygen atoms in total. The van der Waals surface area contributed by atoms with E-state index in [0.717, 1.165) is 11.3 Å². The molecular formula is C17H20N2O. The van der Waals surface area contributed by atoms with Gasteiger partial charge >= 0.3 is 6.03 Å². The molecule has 0 bridgehead atoms. The number of carbonyl (C=O) groups is 1. The minimum Gasteiger partial charge on any atom is -0.331 e. The second-order valence-electron chi connectivity index (χ2n) is 5.03. The van der Waals surface area contributed by atoms with Gasteiger partial charge in [0.25, 0.3) is 0 Å². The summed E-state index contributed by atoms with van der Waals surface area (Å²) < 4.78 is 0. The number of urea groups is 1. The molecule has 0 radical (unpaired) electrons. The van der Waals surface area contributed by atoms with Crippen LogP contribution in [0.3, 0.4) is 0 Å². The van der Waals surface area contributed by atoms with Crippen LogP contribution >= 0.6 is 0 Å². The van der Waals surface area contributed by atoms with Crippen LogP contribution in [0.25, 0.3) is 0 Å². The Morgan fingerprint density at radius 2 is 1.70 bits per heavy atom. The molecule has 0 saturated carbocycles. The summed E-state index contributed by atoms with van der Waals surface area (Å²) in [5, 5.41) is 5.76. The Bertz CT molecular complexity index is 593. The van der Waals surface area contributed by atoms with Crippen molar-refractivity contribution in [2.45, 2.75) is 26.8 Å². The molecule has 0 aliphatic heterocycles. The molecule has 0 saturated heterocycles. The average molecular weight is 268 g/mol. The van der Waals surface area contributed by atoms with Crippen molar-refractivity contribution in [1.82, 2.24) is 5.32 Å². The van der Waals surface area contributed by atoms with E-state index in [1.165, 1.54) is 11.1 Å². The molecule has 20 heavy (non-hydrogen) atoms. The third kappa shape index (κ3) is 3.60. The smallest absolute Gasteiger partial charge is 0.319 e. The summed E-state index contributed by atoms with van der Waals surface area (Å²) in [6.45, 7) is 6.14. The Hall–Kier alpha value is -2.29. The molecule has 3 heteroatoms. The zero-order chi connectivity index (χ0) is 14.5. The van der Waals surface area contributed by atoms with E-state index in [9.17, 15) is 4.79 Å². The number of benzene rings is 2. The highest BCUT2D eigenvalue weighted by molar-refractivity contribution is 5.89. The molecule has 1 unspecified atom stereocenters. The maximum Gasteiger partial charge on any atom is 0.319 e. The van der Waals surface area contributed by atoms with Gasteiger partial charge in [0.05, 0.1) is 6.04 Å². The Kier molecular flexibility index (Phi) is 4.41.